The van der Waals surface area contributed by atoms with Gasteiger partial charge in [0.25, 0.3) is 0 Å². The minimum atomic E-state index is -2.34. The van der Waals surface area contributed by atoms with Gasteiger partial charge in [0.05, 0.1) is 0 Å². The zero-order chi connectivity index (χ0) is 11.6. The molecule has 0 atom stereocenters. The summed E-state index contributed by atoms with van der Waals surface area (Å²) in [5, 5.41) is 17.4. The van der Waals surface area contributed by atoms with Crippen molar-refractivity contribution in [3.63, 3.8) is 0 Å². The molecule has 0 saturated heterocycles. The monoisotopic (exact) mass is 237 g/mol. The quantitative estimate of drug-likeness (QED) is 0.293. The SMILES string of the molecule is C[Si](CCCCCCN)(OCO)OCO. The maximum Gasteiger partial charge on any atom is 0.338 e. The van der Waals surface area contributed by atoms with Crippen LogP contribution in [0.5, 0.6) is 0 Å². The molecule has 15 heavy (non-hydrogen) atoms. The van der Waals surface area contributed by atoms with Gasteiger partial charge in [0.1, 0.15) is 13.6 Å². The van der Waals surface area contributed by atoms with Gasteiger partial charge < -0.3 is 24.8 Å². The number of aliphatic hydroxyl groups excluding tert-OH is 2. The lowest BCUT2D eigenvalue weighted by atomic mass is 10.2. The van der Waals surface area contributed by atoms with E-state index in [1.54, 1.807) is 0 Å². The maximum absolute atomic E-state index is 8.70. The molecule has 92 valence electrons. The summed E-state index contributed by atoms with van der Waals surface area (Å²) < 4.78 is 10.3. The molecule has 0 aromatic heterocycles. The number of hydrogen-bond donors (Lipinski definition) is 3. The molecule has 0 fully saturated rings. The van der Waals surface area contributed by atoms with Gasteiger partial charge in [-0.1, -0.05) is 19.3 Å². The lowest BCUT2D eigenvalue weighted by Gasteiger charge is -2.24. The van der Waals surface area contributed by atoms with E-state index in [9.17, 15) is 0 Å². The number of hydrogen-bond acceptors (Lipinski definition) is 5. The molecule has 5 nitrogen and oxygen atoms in total. The van der Waals surface area contributed by atoms with Gasteiger partial charge in [-0.05, 0) is 25.6 Å². The zero-order valence-electron chi connectivity index (χ0n) is 9.45. The Balaban J connectivity index is 3.65. The van der Waals surface area contributed by atoms with E-state index in [4.69, 9.17) is 24.8 Å². The van der Waals surface area contributed by atoms with Crippen LogP contribution in [0.1, 0.15) is 25.7 Å². The van der Waals surface area contributed by atoms with Crippen LogP contribution in [0.4, 0.5) is 0 Å². The van der Waals surface area contributed by atoms with Crippen LogP contribution in [0, 0.1) is 0 Å². The minimum Gasteiger partial charge on any atom is -0.372 e. The third kappa shape index (κ3) is 7.89. The molecule has 0 aromatic carbocycles. The number of unbranched alkanes of at least 4 members (excludes halogenated alkanes) is 3. The molecule has 0 saturated carbocycles. The second-order valence-electron chi connectivity index (χ2n) is 3.63. The van der Waals surface area contributed by atoms with Crippen LogP contribution < -0.4 is 5.73 Å². The molecule has 0 amide bonds. The van der Waals surface area contributed by atoms with Gasteiger partial charge in [-0.3, -0.25) is 0 Å². The second-order valence-corrected chi connectivity index (χ2v) is 6.98. The van der Waals surface area contributed by atoms with E-state index in [-0.39, 0.29) is 13.6 Å². The summed E-state index contributed by atoms with van der Waals surface area (Å²) in [6.45, 7) is 1.90. The highest BCUT2D eigenvalue weighted by Gasteiger charge is 2.30. The highest BCUT2D eigenvalue weighted by molar-refractivity contribution is 6.65. The first-order valence-corrected chi connectivity index (χ1v) is 7.90. The van der Waals surface area contributed by atoms with Crippen molar-refractivity contribution >= 4 is 8.56 Å². The van der Waals surface area contributed by atoms with E-state index in [1.807, 2.05) is 6.55 Å². The Morgan fingerprint density at radius 3 is 2.00 bits per heavy atom. The van der Waals surface area contributed by atoms with Crippen molar-refractivity contribution in [3.05, 3.63) is 0 Å². The first kappa shape index (κ1) is 15.0. The predicted molar refractivity (Wildman–Crippen MR) is 60.3 cm³/mol. The largest absolute Gasteiger partial charge is 0.372 e. The third-order valence-corrected chi connectivity index (χ3v) is 5.07. The molecule has 0 aliphatic carbocycles. The fraction of sp³-hybridized carbons (Fsp3) is 1.00. The Bertz CT molecular complexity index is 142. The lowest BCUT2D eigenvalue weighted by Crippen LogP contribution is -2.39. The van der Waals surface area contributed by atoms with Crippen molar-refractivity contribution in [3.8, 4) is 0 Å². The van der Waals surface area contributed by atoms with Gasteiger partial charge in [0, 0.05) is 0 Å². The van der Waals surface area contributed by atoms with Gasteiger partial charge in [-0.2, -0.15) is 0 Å². The molecular weight excluding hydrogens is 214 g/mol. The standard InChI is InChI=1S/C9H23NO4Si/c1-15(13-8-11,14-9-12)7-5-3-2-4-6-10/h11-12H,2-10H2,1H3. The van der Waals surface area contributed by atoms with Crippen LogP contribution in [-0.2, 0) is 8.85 Å². The van der Waals surface area contributed by atoms with Crippen LogP contribution in [0.2, 0.25) is 12.6 Å². The zero-order valence-corrected chi connectivity index (χ0v) is 10.4. The highest BCUT2D eigenvalue weighted by Crippen LogP contribution is 2.17. The Morgan fingerprint density at radius 1 is 1.00 bits per heavy atom. The molecule has 6 heteroatoms. The summed E-state index contributed by atoms with van der Waals surface area (Å²) >= 11 is 0. The summed E-state index contributed by atoms with van der Waals surface area (Å²) in [7, 11) is -2.34. The molecule has 0 spiro atoms. The normalized spacial score (nSPS) is 12.0. The van der Waals surface area contributed by atoms with Crippen LogP contribution in [0.25, 0.3) is 0 Å². The molecule has 0 aliphatic rings. The minimum absolute atomic E-state index is 0.342. The van der Waals surface area contributed by atoms with Gasteiger partial charge >= 0.3 is 8.56 Å². The van der Waals surface area contributed by atoms with E-state index >= 15 is 0 Å². The third-order valence-electron chi connectivity index (χ3n) is 2.32. The molecule has 4 N–H and O–H groups in total. The number of nitrogens with two attached hydrogens (primary N) is 1. The fourth-order valence-corrected chi connectivity index (χ4v) is 3.21. The molecule has 0 heterocycles. The molecule has 0 unspecified atom stereocenters. The Kier molecular flexibility index (Phi) is 9.27. The number of rotatable bonds is 10. The predicted octanol–water partition coefficient (Wildman–Crippen LogP) is 0.510. The molecule has 0 aromatic rings. The van der Waals surface area contributed by atoms with Gasteiger partial charge in [0.2, 0.25) is 0 Å². The second kappa shape index (κ2) is 9.26. The summed E-state index contributed by atoms with van der Waals surface area (Å²) in [5.41, 5.74) is 5.39. The summed E-state index contributed by atoms with van der Waals surface area (Å²) in [5.74, 6) is 0. The van der Waals surface area contributed by atoms with Crippen LogP contribution >= 0.6 is 0 Å². The lowest BCUT2D eigenvalue weighted by molar-refractivity contribution is 0.0150. The van der Waals surface area contributed by atoms with E-state index in [0.717, 1.165) is 38.3 Å². The van der Waals surface area contributed by atoms with E-state index in [2.05, 4.69) is 0 Å². The summed E-state index contributed by atoms with van der Waals surface area (Å²) in [6, 6.07) is 0.790. The topological polar surface area (TPSA) is 84.9 Å². The van der Waals surface area contributed by atoms with Gasteiger partial charge in [-0.25, -0.2) is 0 Å². The fourth-order valence-electron chi connectivity index (χ4n) is 1.40. The van der Waals surface area contributed by atoms with Crippen molar-refractivity contribution < 1.29 is 19.1 Å². The van der Waals surface area contributed by atoms with Crippen molar-refractivity contribution in [2.24, 2.45) is 5.73 Å². The Hall–Kier alpha value is 0.0169. The van der Waals surface area contributed by atoms with Crippen LogP contribution in [0.15, 0.2) is 0 Å². The summed E-state index contributed by atoms with van der Waals surface area (Å²) in [4.78, 5) is 0. The highest BCUT2D eigenvalue weighted by atomic mass is 28.4. The number of aliphatic hydroxyl groups is 2. The molecular formula is C9H23NO4Si. The first-order chi connectivity index (χ1) is 7.18. The van der Waals surface area contributed by atoms with Crippen molar-refractivity contribution in [2.45, 2.75) is 38.3 Å². The van der Waals surface area contributed by atoms with Crippen molar-refractivity contribution in [2.75, 3.05) is 20.1 Å². The average molecular weight is 237 g/mol. The van der Waals surface area contributed by atoms with Crippen molar-refractivity contribution in [1.29, 1.82) is 0 Å². The smallest absolute Gasteiger partial charge is 0.338 e. The molecule has 0 bridgehead atoms. The van der Waals surface area contributed by atoms with E-state index in [0.29, 0.717) is 0 Å². The van der Waals surface area contributed by atoms with Crippen LogP contribution in [0.3, 0.4) is 0 Å². The summed E-state index contributed by atoms with van der Waals surface area (Å²) in [6.07, 6.45) is 4.23. The Labute approximate surface area is 92.4 Å². The molecule has 0 aliphatic heterocycles. The average Bonchev–Trinajstić information content (AvgIpc) is 2.18. The van der Waals surface area contributed by atoms with Crippen LogP contribution in [-0.4, -0.2) is 38.9 Å². The van der Waals surface area contributed by atoms with E-state index in [1.165, 1.54) is 0 Å². The Morgan fingerprint density at radius 2 is 1.53 bits per heavy atom. The van der Waals surface area contributed by atoms with E-state index < -0.39 is 8.56 Å². The molecule has 0 rings (SSSR count). The maximum atomic E-state index is 8.70. The van der Waals surface area contributed by atoms with Crippen molar-refractivity contribution in [1.82, 2.24) is 0 Å². The first-order valence-electron chi connectivity index (χ1n) is 5.38. The molecule has 0 radical (unpaired) electrons. The van der Waals surface area contributed by atoms with Gasteiger partial charge in [0.15, 0.2) is 0 Å². The van der Waals surface area contributed by atoms with Gasteiger partial charge in [-0.15, -0.1) is 0 Å².